The van der Waals surface area contributed by atoms with Crippen LogP contribution in [-0.2, 0) is 6.54 Å². The van der Waals surface area contributed by atoms with Gasteiger partial charge >= 0.3 is 0 Å². The monoisotopic (exact) mass is 369 g/mol. The van der Waals surface area contributed by atoms with E-state index in [2.05, 4.69) is 27.7 Å². The lowest BCUT2D eigenvalue weighted by Gasteiger charge is -2.36. The largest absolute Gasteiger partial charge is 0.314 e. The molecule has 4 rings (SSSR count). The number of hydrogen-bond donors (Lipinski definition) is 1. The summed E-state index contributed by atoms with van der Waals surface area (Å²) in [4.78, 5) is 7.36. The molecule has 0 radical (unpaired) electrons. The number of nitrogens with zero attached hydrogens (tertiary/aromatic N) is 2. The summed E-state index contributed by atoms with van der Waals surface area (Å²) in [6.45, 7) is 3.99. The van der Waals surface area contributed by atoms with Crippen molar-refractivity contribution in [3.63, 3.8) is 0 Å². The smallest absolute Gasteiger partial charge is 0.0959 e. The van der Waals surface area contributed by atoms with Gasteiger partial charge in [-0.1, -0.05) is 23.7 Å². The van der Waals surface area contributed by atoms with E-state index in [0.29, 0.717) is 6.04 Å². The van der Waals surface area contributed by atoms with Crippen LogP contribution in [0.4, 0.5) is 0 Å². The Morgan fingerprint density at radius 1 is 1.35 bits per heavy atom. The molecule has 1 saturated heterocycles. The Labute approximate surface area is 152 Å². The maximum Gasteiger partial charge on any atom is 0.0959 e. The summed E-state index contributed by atoms with van der Waals surface area (Å²) in [5.74, 6) is 0.755. The predicted molar refractivity (Wildman–Crippen MR) is 98.8 cm³/mol. The number of rotatable bonds is 4. The number of hydrogen-bond acceptors (Lipinski definition) is 4. The van der Waals surface area contributed by atoms with Crippen molar-refractivity contribution in [3.05, 3.63) is 50.9 Å². The zero-order chi connectivity index (χ0) is 14.9. The van der Waals surface area contributed by atoms with Crippen LogP contribution < -0.4 is 5.32 Å². The molecule has 3 nitrogen and oxygen atoms in total. The molecule has 124 valence electrons. The molecular weight excluding hydrogens is 349 g/mol. The van der Waals surface area contributed by atoms with Crippen LogP contribution in [0.5, 0.6) is 0 Å². The molecule has 2 aliphatic rings. The van der Waals surface area contributed by atoms with E-state index in [0.717, 1.165) is 37.1 Å². The SMILES string of the molecule is Cl.Clc1cccc(C2CNCCN2Cc2csc(C3CC3)n2)c1. The predicted octanol–water partition coefficient (Wildman–Crippen LogP) is 4.24. The van der Waals surface area contributed by atoms with E-state index < -0.39 is 0 Å². The molecule has 2 heterocycles. The van der Waals surface area contributed by atoms with E-state index in [-0.39, 0.29) is 12.4 Å². The van der Waals surface area contributed by atoms with Crippen molar-refractivity contribution in [2.75, 3.05) is 19.6 Å². The first-order valence-corrected chi connectivity index (χ1v) is 9.20. The third-order valence-corrected chi connectivity index (χ3v) is 5.74. The second-order valence-electron chi connectivity index (χ2n) is 6.20. The minimum atomic E-state index is 0. The van der Waals surface area contributed by atoms with Crippen LogP contribution in [0.3, 0.4) is 0 Å². The summed E-state index contributed by atoms with van der Waals surface area (Å²) >= 11 is 8.00. The fourth-order valence-corrected chi connectivity index (χ4v) is 4.28. The number of benzene rings is 1. The lowest BCUT2D eigenvalue weighted by molar-refractivity contribution is 0.152. The highest BCUT2D eigenvalue weighted by atomic mass is 35.5. The van der Waals surface area contributed by atoms with Gasteiger partial charge in [-0.25, -0.2) is 4.98 Å². The summed E-state index contributed by atoms with van der Waals surface area (Å²) in [6, 6.07) is 8.61. The van der Waals surface area contributed by atoms with Gasteiger partial charge in [0.15, 0.2) is 0 Å². The third kappa shape index (κ3) is 4.06. The second-order valence-corrected chi connectivity index (χ2v) is 7.52. The van der Waals surface area contributed by atoms with Crippen LogP contribution in [0.15, 0.2) is 29.6 Å². The highest BCUT2D eigenvalue weighted by Crippen LogP contribution is 2.41. The number of nitrogens with one attached hydrogen (secondary N) is 1. The standard InChI is InChI=1S/C17H20ClN3S.ClH/c18-14-3-1-2-13(8-14)16-9-19-6-7-21(16)10-15-11-22-17(20-15)12-4-5-12;/h1-3,8,11-12,16,19H,4-7,9-10H2;1H. The van der Waals surface area contributed by atoms with Crippen molar-refractivity contribution in [2.24, 2.45) is 0 Å². The molecule has 1 aliphatic carbocycles. The summed E-state index contributed by atoms with van der Waals surface area (Å²) in [5, 5.41) is 7.89. The Morgan fingerprint density at radius 2 is 2.22 bits per heavy atom. The molecule has 2 fully saturated rings. The van der Waals surface area contributed by atoms with Crippen LogP contribution in [0, 0.1) is 0 Å². The fourth-order valence-electron chi connectivity index (χ4n) is 3.10. The van der Waals surface area contributed by atoms with E-state index >= 15 is 0 Å². The highest BCUT2D eigenvalue weighted by molar-refractivity contribution is 7.09. The number of aromatic nitrogens is 1. The van der Waals surface area contributed by atoms with Gasteiger partial charge in [-0.3, -0.25) is 4.90 Å². The Balaban J connectivity index is 0.00000156. The molecular formula is C17H21Cl2N3S. The number of halogens is 2. The fraction of sp³-hybridized carbons (Fsp3) is 0.471. The quantitative estimate of drug-likeness (QED) is 0.873. The number of thiazole rings is 1. The molecule has 1 saturated carbocycles. The first kappa shape index (κ1) is 17.2. The van der Waals surface area contributed by atoms with Gasteiger partial charge in [0.05, 0.1) is 10.7 Å². The Bertz CT molecular complexity index is 657. The molecule has 6 heteroatoms. The van der Waals surface area contributed by atoms with Crippen molar-refractivity contribution in [1.82, 2.24) is 15.2 Å². The summed E-state index contributed by atoms with van der Waals surface area (Å²) in [6.07, 6.45) is 2.65. The topological polar surface area (TPSA) is 28.2 Å². The average molecular weight is 370 g/mol. The lowest BCUT2D eigenvalue weighted by Crippen LogP contribution is -2.45. The Kier molecular flexibility index (Phi) is 5.60. The third-order valence-electron chi connectivity index (χ3n) is 4.45. The summed E-state index contributed by atoms with van der Waals surface area (Å²) < 4.78 is 0. The van der Waals surface area contributed by atoms with Gasteiger partial charge < -0.3 is 5.32 Å². The van der Waals surface area contributed by atoms with Gasteiger partial charge in [0.1, 0.15) is 0 Å². The second kappa shape index (κ2) is 7.49. The Morgan fingerprint density at radius 3 is 3.00 bits per heavy atom. The van der Waals surface area contributed by atoms with E-state index in [4.69, 9.17) is 16.6 Å². The first-order valence-electron chi connectivity index (χ1n) is 7.94. The van der Waals surface area contributed by atoms with Crippen LogP contribution in [0.25, 0.3) is 0 Å². The summed E-state index contributed by atoms with van der Waals surface area (Å²) in [5.41, 5.74) is 2.51. The van der Waals surface area contributed by atoms with Crippen molar-refractivity contribution < 1.29 is 0 Å². The van der Waals surface area contributed by atoms with Gasteiger partial charge in [-0.15, -0.1) is 23.7 Å². The molecule has 0 spiro atoms. The molecule has 1 atom stereocenters. The molecule has 1 aromatic heterocycles. The van der Waals surface area contributed by atoms with Crippen LogP contribution in [0.1, 0.15) is 41.1 Å². The minimum absolute atomic E-state index is 0. The zero-order valence-electron chi connectivity index (χ0n) is 12.9. The van der Waals surface area contributed by atoms with Gasteiger partial charge in [0, 0.05) is 48.5 Å². The van der Waals surface area contributed by atoms with E-state index in [1.165, 1.54) is 29.1 Å². The van der Waals surface area contributed by atoms with Crippen LogP contribution in [0.2, 0.25) is 5.02 Å². The molecule has 23 heavy (non-hydrogen) atoms. The molecule has 1 aromatic carbocycles. The molecule has 2 aromatic rings. The maximum absolute atomic E-state index is 6.17. The van der Waals surface area contributed by atoms with Gasteiger partial charge in [0.25, 0.3) is 0 Å². The molecule has 0 amide bonds. The normalized spacial score (nSPS) is 21.9. The van der Waals surface area contributed by atoms with E-state index in [1.54, 1.807) is 0 Å². The lowest BCUT2D eigenvalue weighted by atomic mass is 10.0. The first-order chi connectivity index (χ1) is 10.8. The van der Waals surface area contributed by atoms with Gasteiger partial charge in [-0.2, -0.15) is 0 Å². The van der Waals surface area contributed by atoms with Crippen molar-refractivity contribution in [3.8, 4) is 0 Å². The van der Waals surface area contributed by atoms with Gasteiger partial charge in [-0.05, 0) is 30.5 Å². The molecule has 1 unspecified atom stereocenters. The number of piperazine rings is 1. The van der Waals surface area contributed by atoms with Crippen LogP contribution in [-0.4, -0.2) is 29.5 Å². The van der Waals surface area contributed by atoms with Crippen molar-refractivity contribution in [2.45, 2.75) is 31.3 Å². The molecule has 0 bridgehead atoms. The highest BCUT2D eigenvalue weighted by Gasteiger charge is 2.28. The van der Waals surface area contributed by atoms with E-state index in [9.17, 15) is 0 Å². The van der Waals surface area contributed by atoms with Crippen LogP contribution >= 0.6 is 35.3 Å². The maximum atomic E-state index is 6.17. The molecule has 1 N–H and O–H groups in total. The minimum Gasteiger partial charge on any atom is -0.314 e. The average Bonchev–Trinajstić information content (AvgIpc) is 3.28. The molecule has 1 aliphatic heterocycles. The summed E-state index contributed by atoms with van der Waals surface area (Å²) in [7, 11) is 0. The van der Waals surface area contributed by atoms with Gasteiger partial charge in [0.2, 0.25) is 0 Å². The zero-order valence-corrected chi connectivity index (χ0v) is 15.3. The van der Waals surface area contributed by atoms with E-state index in [1.807, 2.05) is 23.5 Å². The van der Waals surface area contributed by atoms with Crippen molar-refractivity contribution >= 4 is 35.3 Å². The van der Waals surface area contributed by atoms with Crippen molar-refractivity contribution in [1.29, 1.82) is 0 Å². The Hall–Kier alpha value is -0.650.